The molecule has 0 bridgehead atoms. The van der Waals surface area contributed by atoms with Crippen LogP contribution in [0.25, 0.3) is 11.2 Å². The van der Waals surface area contributed by atoms with Gasteiger partial charge in [0.05, 0.1) is 33.3 Å². The second kappa shape index (κ2) is 18.6. The first-order valence-electron chi connectivity index (χ1n) is 18.9. The number of aliphatic hydroxyl groups excluding tert-OH is 1. The van der Waals surface area contributed by atoms with Gasteiger partial charge in [0.1, 0.15) is 42.4 Å². The quantitative estimate of drug-likeness (QED) is 0.0581. The van der Waals surface area contributed by atoms with E-state index >= 15 is 0 Å². The molecule has 2 N–H and O–H groups in total. The number of fused-ring (bicyclic) bond motifs is 1. The average Bonchev–Trinajstić information content (AvgIpc) is 3.87. The molecule has 1 unspecified atom stereocenters. The van der Waals surface area contributed by atoms with E-state index in [9.17, 15) is 14.7 Å². The fourth-order valence-electron chi connectivity index (χ4n) is 7.03. The van der Waals surface area contributed by atoms with Gasteiger partial charge in [-0.1, -0.05) is 66.7 Å². The molecular weight excluding hydrogens is 759 g/mol. The van der Waals surface area contributed by atoms with Crippen molar-refractivity contribution in [2.24, 2.45) is 0 Å². The fraction of sp³-hybridized carbons (Fsp3) is 0.295. The number of hydrogen-bond donors (Lipinski definition) is 2. The molecule has 6 aromatic rings. The molecule has 14 heteroatoms. The molecule has 58 heavy (non-hydrogen) atoms. The lowest BCUT2D eigenvalue weighted by molar-refractivity contribution is -0.142. The summed E-state index contributed by atoms with van der Waals surface area (Å²) in [5, 5.41) is 14.3. The molecule has 1 fully saturated rings. The van der Waals surface area contributed by atoms with Gasteiger partial charge in [-0.3, -0.25) is 14.2 Å². The molecule has 1 amide bonds. The molecule has 4 aromatic carbocycles. The van der Waals surface area contributed by atoms with Crippen molar-refractivity contribution in [2.45, 2.75) is 43.3 Å². The molecule has 3 atom stereocenters. The van der Waals surface area contributed by atoms with E-state index in [0.29, 0.717) is 41.3 Å². The largest absolute Gasteiger partial charge is 0.497 e. The molecule has 7 rings (SSSR count). The van der Waals surface area contributed by atoms with Crippen molar-refractivity contribution in [3.05, 3.63) is 144 Å². The van der Waals surface area contributed by atoms with E-state index in [-0.39, 0.29) is 37.1 Å². The van der Waals surface area contributed by atoms with Crippen LogP contribution in [0, 0.1) is 0 Å². The number of hydrogen-bond acceptors (Lipinski definition) is 12. The van der Waals surface area contributed by atoms with Crippen molar-refractivity contribution in [1.29, 1.82) is 0 Å². The van der Waals surface area contributed by atoms with E-state index in [1.807, 2.05) is 97.3 Å². The lowest BCUT2D eigenvalue weighted by atomic mass is 9.80. The van der Waals surface area contributed by atoms with E-state index < -0.39 is 24.0 Å². The van der Waals surface area contributed by atoms with Gasteiger partial charge in [0.15, 0.2) is 17.0 Å². The number of carbonyl (C=O) groups excluding carboxylic acids is 2. The van der Waals surface area contributed by atoms with E-state index in [4.69, 9.17) is 23.7 Å². The van der Waals surface area contributed by atoms with Crippen LogP contribution in [0.3, 0.4) is 0 Å². The number of anilines is 1. The van der Waals surface area contributed by atoms with Gasteiger partial charge in [-0.2, -0.15) is 11.8 Å². The number of amides is 1. The van der Waals surface area contributed by atoms with Crippen LogP contribution in [0.4, 0.5) is 5.82 Å². The highest BCUT2D eigenvalue weighted by Crippen LogP contribution is 2.43. The number of aryl methyl sites for hydroxylation is 1. The van der Waals surface area contributed by atoms with Crippen molar-refractivity contribution < 1.29 is 38.4 Å². The average molecular weight is 804 g/mol. The Morgan fingerprint density at radius 2 is 1.53 bits per heavy atom. The van der Waals surface area contributed by atoms with Crippen LogP contribution in [0.2, 0.25) is 0 Å². The van der Waals surface area contributed by atoms with Crippen molar-refractivity contribution >= 4 is 40.6 Å². The Morgan fingerprint density at radius 1 is 0.879 bits per heavy atom. The fourth-order valence-corrected chi connectivity index (χ4v) is 7.28. The van der Waals surface area contributed by atoms with Gasteiger partial charge in [-0.15, -0.1) is 0 Å². The molecule has 3 heterocycles. The number of esters is 1. The number of benzene rings is 4. The molecule has 0 spiro atoms. The lowest BCUT2D eigenvalue weighted by Crippen LogP contribution is -2.38. The maximum Gasteiger partial charge on any atom is 0.306 e. The summed E-state index contributed by atoms with van der Waals surface area (Å²) in [4.78, 5) is 38.6. The second-order valence-corrected chi connectivity index (χ2v) is 14.6. The Bertz CT molecular complexity index is 2240. The van der Waals surface area contributed by atoms with Crippen molar-refractivity contribution in [3.8, 4) is 11.5 Å². The Balaban J connectivity index is 1.07. The third-order valence-corrected chi connectivity index (χ3v) is 10.7. The van der Waals surface area contributed by atoms with Gasteiger partial charge in [0, 0.05) is 24.2 Å². The SMILES string of the molecule is COc1ccc(C(OC[C@H]2O[C@@H](n3cnc4c(NC(=O)c5ccc(CCC(=O)OCCSC)cc5)ncnc43)CC2O)(c2ccccc2)c2ccc(OC)cc2)cc1. The monoisotopic (exact) mass is 803 g/mol. The first-order valence-corrected chi connectivity index (χ1v) is 20.3. The summed E-state index contributed by atoms with van der Waals surface area (Å²) in [5.74, 6) is 1.79. The zero-order chi connectivity index (χ0) is 40.5. The van der Waals surface area contributed by atoms with Gasteiger partial charge in [0.2, 0.25) is 0 Å². The number of ether oxygens (including phenoxy) is 5. The van der Waals surface area contributed by atoms with Crippen LogP contribution < -0.4 is 14.8 Å². The van der Waals surface area contributed by atoms with E-state index in [1.54, 1.807) is 49.0 Å². The van der Waals surface area contributed by atoms with Gasteiger partial charge in [-0.25, -0.2) is 15.0 Å². The normalized spacial score (nSPS) is 16.6. The van der Waals surface area contributed by atoms with Crippen LogP contribution >= 0.6 is 11.8 Å². The summed E-state index contributed by atoms with van der Waals surface area (Å²) < 4.78 is 31.4. The van der Waals surface area contributed by atoms with Crippen LogP contribution in [0.5, 0.6) is 11.5 Å². The second-order valence-electron chi connectivity index (χ2n) is 13.7. The smallest absolute Gasteiger partial charge is 0.306 e. The third kappa shape index (κ3) is 8.85. The van der Waals surface area contributed by atoms with Crippen molar-refractivity contribution in [3.63, 3.8) is 0 Å². The summed E-state index contributed by atoms with van der Waals surface area (Å²) in [6.07, 6.45) is 3.68. The number of imidazole rings is 1. The topological polar surface area (TPSA) is 156 Å². The number of thioether (sulfide) groups is 1. The zero-order valence-corrected chi connectivity index (χ0v) is 33.3. The highest BCUT2D eigenvalue weighted by atomic mass is 32.2. The Kier molecular flexibility index (Phi) is 13.0. The molecule has 1 aliphatic heterocycles. The predicted octanol–water partition coefficient (Wildman–Crippen LogP) is 6.59. The number of aliphatic hydroxyl groups is 1. The number of aromatic nitrogens is 4. The van der Waals surface area contributed by atoms with E-state index in [0.717, 1.165) is 28.0 Å². The molecule has 1 aliphatic rings. The molecule has 2 aromatic heterocycles. The highest BCUT2D eigenvalue weighted by molar-refractivity contribution is 7.98. The van der Waals surface area contributed by atoms with Crippen molar-refractivity contribution in [2.75, 3.05) is 44.8 Å². The number of carbonyl (C=O) groups is 2. The Morgan fingerprint density at radius 3 is 2.17 bits per heavy atom. The van der Waals surface area contributed by atoms with Gasteiger partial charge in [-0.05, 0) is 71.3 Å². The standard InChI is InChI=1S/C44H45N5O8S/c1-53-34-18-14-32(15-19-34)44(31-7-5-4-6-8-31,33-16-20-35(54-2)21-17-33)56-26-37-36(50)25-38(57-37)49-28-47-40-41(45-27-46-42(40)49)48-43(52)30-12-9-29(10-13-30)11-22-39(51)55-23-24-58-3/h4-10,12-21,27-28,36-38,50H,11,22-26H2,1-3H3,(H,45,46,48,52)/t36?,37-,38-/m1/s1. The molecule has 1 saturated heterocycles. The van der Waals surface area contributed by atoms with Crippen LogP contribution in [-0.2, 0) is 31.0 Å². The number of nitrogens with one attached hydrogen (secondary N) is 1. The summed E-state index contributed by atoms with van der Waals surface area (Å²) in [6, 6.07) is 32.4. The van der Waals surface area contributed by atoms with Crippen LogP contribution in [-0.4, -0.2) is 88.2 Å². The maximum atomic E-state index is 13.3. The molecule has 13 nitrogen and oxygen atoms in total. The Labute approximate surface area is 340 Å². The molecule has 300 valence electrons. The Hall–Kier alpha value is -5.80. The minimum Gasteiger partial charge on any atom is -0.497 e. The first kappa shape index (κ1) is 40.4. The minimum atomic E-state index is -1.09. The predicted molar refractivity (Wildman–Crippen MR) is 220 cm³/mol. The van der Waals surface area contributed by atoms with Crippen LogP contribution in [0.1, 0.15) is 51.7 Å². The molecule has 0 aliphatic carbocycles. The summed E-state index contributed by atoms with van der Waals surface area (Å²) in [6.45, 7) is 0.432. The van der Waals surface area contributed by atoms with Crippen LogP contribution in [0.15, 0.2) is 116 Å². The summed E-state index contributed by atoms with van der Waals surface area (Å²) in [7, 11) is 3.25. The molecular formula is C44H45N5O8S. The minimum absolute atomic E-state index is 0.0363. The third-order valence-electron chi connectivity index (χ3n) is 10.1. The molecule has 0 saturated carbocycles. The van der Waals surface area contributed by atoms with E-state index in [2.05, 4.69) is 20.3 Å². The summed E-state index contributed by atoms with van der Waals surface area (Å²) in [5.41, 5.74) is 3.63. The zero-order valence-electron chi connectivity index (χ0n) is 32.4. The van der Waals surface area contributed by atoms with Crippen molar-refractivity contribution in [1.82, 2.24) is 19.5 Å². The number of rotatable bonds is 17. The number of methoxy groups -OCH3 is 2. The van der Waals surface area contributed by atoms with E-state index in [1.165, 1.54) is 6.33 Å². The maximum absolute atomic E-state index is 13.3. The number of nitrogens with zero attached hydrogens (tertiary/aromatic N) is 4. The van der Waals surface area contributed by atoms with Gasteiger partial charge in [0.25, 0.3) is 5.91 Å². The first-order chi connectivity index (χ1) is 28.3. The van der Waals surface area contributed by atoms with Gasteiger partial charge >= 0.3 is 5.97 Å². The van der Waals surface area contributed by atoms with Gasteiger partial charge < -0.3 is 34.1 Å². The highest BCUT2D eigenvalue weighted by Gasteiger charge is 2.42. The summed E-state index contributed by atoms with van der Waals surface area (Å²) >= 11 is 1.62. The molecule has 0 radical (unpaired) electrons. The lowest BCUT2D eigenvalue weighted by Gasteiger charge is -2.37.